The predicted octanol–water partition coefficient (Wildman–Crippen LogP) is -2.66. The average Bonchev–Trinajstić information content (AvgIpc) is 3.23. The van der Waals surface area contributed by atoms with Gasteiger partial charge in [-0.1, -0.05) is 6.42 Å². The van der Waals surface area contributed by atoms with E-state index in [2.05, 4.69) is 10.6 Å². The zero-order valence-electron chi connectivity index (χ0n) is 18.9. The van der Waals surface area contributed by atoms with Crippen molar-refractivity contribution in [1.29, 1.82) is 0 Å². The van der Waals surface area contributed by atoms with Gasteiger partial charge in [-0.05, 0) is 45.6 Å². The molecule has 1 heterocycles. The van der Waals surface area contributed by atoms with Crippen LogP contribution >= 0.6 is 0 Å². The maximum atomic E-state index is 13.3. The van der Waals surface area contributed by atoms with E-state index in [4.69, 9.17) is 17.2 Å². The fourth-order valence-corrected chi connectivity index (χ4v) is 3.56. The molecule has 1 rings (SSSR count). The van der Waals surface area contributed by atoms with Crippen molar-refractivity contribution in [3.05, 3.63) is 0 Å². The van der Waals surface area contributed by atoms with Crippen LogP contribution in [0.5, 0.6) is 0 Å². The normalized spacial score (nSPS) is 19.3. The molecule has 10 N–H and O–H groups in total. The lowest BCUT2D eigenvalue weighted by molar-refractivity contribution is -0.147. The van der Waals surface area contributed by atoms with Crippen molar-refractivity contribution in [3.63, 3.8) is 0 Å². The largest absolute Gasteiger partial charge is 0.480 e. The standard InChI is InChI=1S/C20H36N6O7/c1-11(27)16(23)25-17(29)12(5-2-3-9-21)19(31)26-10-4-6-14(26)18(30)24-13(20(32)33)7-8-15(22)28/h11-14,16,27H,2-10,21,23H2,1H3,(H2,22,28)(H,24,30)(H,25,29)(H,32,33)/t11?,12?,13-,14-,16+/m0/s1. The van der Waals surface area contributed by atoms with Crippen LogP contribution in [0.1, 0.15) is 51.9 Å². The second-order valence-electron chi connectivity index (χ2n) is 8.21. The molecule has 0 bridgehead atoms. The van der Waals surface area contributed by atoms with Crippen molar-refractivity contribution in [2.45, 2.75) is 76.2 Å². The number of unbranched alkanes of at least 4 members (excludes halogenated alkanes) is 1. The Kier molecular flexibility index (Phi) is 11.7. The molecule has 0 saturated carbocycles. The maximum absolute atomic E-state index is 13.3. The molecule has 4 amide bonds. The van der Waals surface area contributed by atoms with E-state index in [1.807, 2.05) is 0 Å². The Labute approximate surface area is 192 Å². The second kappa shape index (κ2) is 13.7. The predicted molar refractivity (Wildman–Crippen MR) is 117 cm³/mol. The summed E-state index contributed by atoms with van der Waals surface area (Å²) in [7, 11) is 0. The first kappa shape index (κ1) is 28.3. The molecular formula is C20H36N6O7. The number of carbonyl (C=O) groups excluding carboxylic acids is 4. The number of carboxylic acids is 1. The smallest absolute Gasteiger partial charge is 0.326 e. The third-order valence-electron chi connectivity index (χ3n) is 5.52. The minimum atomic E-state index is -1.34. The second-order valence-corrected chi connectivity index (χ2v) is 8.21. The lowest BCUT2D eigenvalue weighted by Gasteiger charge is -2.29. The third kappa shape index (κ3) is 8.94. The highest BCUT2D eigenvalue weighted by atomic mass is 16.4. The van der Waals surface area contributed by atoms with Gasteiger partial charge < -0.3 is 42.9 Å². The van der Waals surface area contributed by atoms with Crippen LogP contribution in [0.4, 0.5) is 0 Å². The highest BCUT2D eigenvalue weighted by Crippen LogP contribution is 2.23. The van der Waals surface area contributed by atoms with Gasteiger partial charge in [0.2, 0.25) is 23.6 Å². The fraction of sp³-hybridized carbons (Fsp3) is 0.750. The van der Waals surface area contributed by atoms with E-state index in [-0.39, 0.29) is 25.8 Å². The van der Waals surface area contributed by atoms with Crippen LogP contribution in [0.2, 0.25) is 0 Å². The molecule has 33 heavy (non-hydrogen) atoms. The Morgan fingerprint density at radius 3 is 2.33 bits per heavy atom. The van der Waals surface area contributed by atoms with E-state index in [0.717, 1.165) is 0 Å². The van der Waals surface area contributed by atoms with E-state index in [1.165, 1.54) is 11.8 Å². The average molecular weight is 473 g/mol. The van der Waals surface area contributed by atoms with E-state index < -0.39 is 59.9 Å². The number of aliphatic hydroxyl groups excluding tert-OH is 1. The lowest BCUT2D eigenvalue weighted by atomic mass is 9.98. The summed E-state index contributed by atoms with van der Waals surface area (Å²) in [5.74, 6) is -5.09. The van der Waals surface area contributed by atoms with Gasteiger partial charge in [-0.25, -0.2) is 4.79 Å². The Morgan fingerprint density at radius 1 is 1.12 bits per heavy atom. The van der Waals surface area contributed by atoms with Crippen molar-refractivity contribution in [2.75, 3.05) is 13.1 Å². The summed E-state index contributed by atoms with van der Waals surface area (Å²) in [6, 6.07) is -2.29. The molecule has 0 aromatic heterocycles. The van der Waals surface area contributed by atoms with Gasteiger partial charge in [0.05, 0.1) is 6.10 Å². The van der Waals surface area contributed by atoms with Crippen molar-refractivity contribution in [3.8, 4) is 0 Å². The maximum Gasteiger partial charge on any atom is 0.326 e. The Hall–Kier alpha value is -2.77. The molecule has 188 valence electrons. The van der Waals surface area contributed by atoms with Crippen molar-refractivity contribution < 1.29 is 34.2 Å². The summed E-state index contributed by atoms with van der Waals surface area (Å²) in [5.41, 5.74) is 16.3. The van der Waals surface area contributed by atoms with Gasteiger partial charge >= 0.3 is 5.97 Å². The van der Waals surface area contributed by atoms with E-state index in [9.17, 15) is 34.2 Å². The van der Waals surface area contributed by atoms with Crippen LogP contribution in [-0.4, -0.2) is 82.2 Å². The molecule has 1 aliphatic heterocycles. The quantitative estimate of drug-likeness (QED) is 0.0793. The molecule has 13 heteroatoms. The topological polar surface area (TPSA) is 231 Å². The molecule has 0 aromatic rings. The first-order valence-corrected chi connectivity index (χ1v) is 11.1. The summed E-state index contributed by atoms with van der Waals surface area (Å²) < 4.78 is 0. The number of hydrogen-bond acceptors (Lipinski definition) is 8. The lowest BCUT2D eigenvalue weighted by Crippen LogP contribution is -2.55. The highest BCUT2D eigenvalue weighted by molar-refractivity contribution is 6.02. The minimum absolute atomic E-state index is 0.176. The van der Waals surface area contributed by atoms with Crippen molar-refractivity contribution >= 4 is 29.6 Å². The number of carbonyl (C=O) groups is 5. The zero-order valence-corrected chi connectivity index (χ0v) is 18.9. The number of likely N-dealkylation sites (tertiary alicyclic amines) is 1. The highest BCUT2D eigenvalue weighted by Gasteiger charge is 2.40. The number of primary amides is 1. The van der Waals surface area contributed by atoms with Crippen LogP contribution in [0.15, 0.2) is 0 Å². The number of rotatable bonds is 14. The van der Waals surface area contributed by atoms with Gasteiger partial charge in [-0.3, -0.25) is 19.2 Å². The molecule has 1 aliphatic rings. The SMILES string of the molecule is CC(O)[C@H](N)NC(=O)C(CCCCN)C(=O)N1CCC[C@H]1C(=O)N[C@@H](CCC(N)=O)C(=O)O. The molecule has 0 aromatic carbocycles. The molecule has 0 radical (unpaired) electrons. The van der Waals surface area contributed by atoms with Crippen LogP contribution in [0.25, 0.3) is 0 Å². The molecule has 0 spiro atoms. The number of nitrogens with zero attached hydrogens (tertiary/aromatic N) is 1. The summed E-state index contributed by atoms with van der Waals surface area (Å²) in [4.78, 5) is 62.5. The number of carboxylic acid groups (broad SMARTS) is 1. The number of hydrogen-bond donors (Lipinski definition) is 7. The van der Waals surface area contributed by atoms with Crippen LogP contribution in [-0.2, 0) is 24.0 Å². The molecule has 13 nitrogen and oxygen atoms in total. The number of amides is 4. The summed E-state index contributed by atoms with van der Waals surface area (Å²) in [5, 5.41) is 23.6. The molecule has 1 fully saturated rings. The number of aliphatic hydroxyl groups is 1. The van der Waals surface area contributed by atoms with Crippen LogP contribution in [0, 0.1) is 5.92 Å². The fourth-order valence-electron chi connectivity index (χ4n) is 3.56. The molecular weight excluding hydrogens is 436 g/mol. The van der Waals surface area contributed by atoms with Gasteiger partial charge in [-0.15, -0.1) is 0 Å². The van der Waals surface area contributed by atoms with E-state index in [1.54, 1.807) is 0 Å². The van der Waals surface area contributed by atoms with Crippen molar-refractivity contribution in [2.24, 2.45) is 23.1 Å². The Balaban J connectivity index is 2.96. The number of aliphatic carboxylic acids is 1. The number of nitrogens with two attached hydrogens (primary N) is 3. The van der Waals surface area contributed by atoms with Gasteiger partial charge in [0.25, 0.3) is 0 Å². The molecule has 1 saturated heterocycles. The summed E-state index contributed by atoms with van der Waals surface area (Å²) >= 11 is 0. The van der Waals surface area contributed by atoms with Gasteiger partial charge in [-0.2, -0.15) is 0 Å². The first-order chi connectivity index (χ1) is 15.5. The zero-order chi connectivity index (χ0) is 25.1. The summed E-state index contributed by atoms with van der Waals surface area (Å²) in [6.45, 7) is 2.00. The monoisotopic (exact) mass is 472 g/mol. The van der Waals surface area contributed by atoms with E-state index >= 15 is 0 Å². The third-order valence-corrected chi connectivity index (χ3v) is 5.52. The van der Waals surface area contributed by atoms with Crippen LogP contribution < -0.4 is 27.8 Å². The van der Waals surface area contributed by atoms with Crippen molar-refractivity contribution in [1.82, 2.24) is 15.5 Å². The van der Waals surface area contributed by atoms with Gasteiger partial charge in [0.15, 0.2) is 0 Å². The molecule has 0 aliphatic carbocycles. The molecule has 2 unspecified atom stereocenters. The minimum Gasteiger partial charge on any atom is -0.480 e. The molecule has 5 atom stereocenters. The Bertz CT molecular complexity index is 717. The first-order valence-electron chi connectivity index (χ1n) is 11.1. The van der Waals surface area contributed by atoms with Gasteiger partial charge in [0, 0.05) is 13.0 Å². The summed E-state index contributed by atoms with van der Waals surface area (Å²) in [6.07, 6.45) is -0.468. The van der Waals surface area contributed by atoms with Crippen LogP contribution in [0.3, 0.4) is 0 Å². The van der Waals surface area contributed by atoms with E-state index in [0.29, 0.717) is 32.2 Å². The Morgan fingerprint density at radius 2 is 1.79 bits per heavy atom. The number of nitrogens with one attached hydrogen (secondary N) is 2. The van der Waals surface area contributed by atoms with Gasteiger partial charge in [0.1, 0.15) is 24.2 Å².